The standard InChI is InChI=1S/C18H15ClF4N2O/c19-13-3-6-16(15(11-13)18(21,22)23)24-7-9-25(10-8-24)17(26)12-1-4-14(20)5-2-12/h1-6,11H,7-10H2. The molecule has 0 bridgehead atoms. The zero-order valence-corrected chi connectivity index (χ0v) is 14.3. The van der Waals surface area contributed by atoms with Crippen LogP contribution in [0.3, 0.4) is 0 Å². The van der Waals surface area contributed by atoms with Gasteiger partial charge in [-0.15, -0.1) is 0 Å². The van der Waals surface area contributed by atoms with Crippen molar-refractivity contribution >= 4 is 23.2 Å². The fourth-order valence-electron chi connectivity index (χ4n) is 2.94. The number of rotatable bonds is 2. The highest BCUT2D eigenvalue weighted by molar-refractivity contribution is 6.30. The topological polar surface area (TPSA) is 23.6 Å². The lowest BCUT2D eigenvalue weighted by Gasteiger charge is -2.37. The van der Waals surface area contributed by atoms with Gasteiger partial charge in [-0.2, -0.15) is 13.2 Å². The zero-order valence-electron chi connectivity index (χ0n) is 13.6. The lowest BCUT2D eigenvalue weighted by molar-refractivity contribution is -0.137. The van der Waals surface area contributed by atoms with Crippen LogP contribution in [-0.4, -0.2) is 37.0 Å². The molecule has 8 heteroatoms. The van der Waals surface area contributed by atoms with Crippen molar-refractivity contribution in [3.63, 3.8) is 0 Å². The molecule has 0 radical (unpaired) electrons. The first-order valence-corrected chi connectivity index (χ1v) is 8.30. The van der Waals surface area contributed by atoms with Crippen molar-refractivity contribution in [2.24, 2.45) is 0 Å². The van der Waals surface area contributed by atoms with Crippen molar-refractivity contribution in [3.8, 4) is 0 Å². The van der Waals surface area contributed by atoms with Crippen LogP contribution in [0.5, 0.6) is 0 Å². The maximum atomic E-state index is 13.3. The van der Waals surface area contributed by atoms with Crippen LogP contribution in [0.25, 0.3) is 0 Å². The molecule has 1 amide bonds. The molecule has 26 heavy (non-hydrogen) atoms. The summed E-state index contributed by atoms with van der Waals surface area (Å²) in [7, 11) is 0. The Morgan fingerprint density at radius 2 is 1.58 bits per heavy atom. The fraction of sp³-hybridized carbons (Fsp3) is 0.278. The van der Waals surface area contributed by atoms with E-state index in [1.807, 2.05) is 0 Å². The molecule has 1 aliphatic rings. The largest absolute Gasteiger partial charge is 0.418 e. The van der Waals surface area contributed by atoms with Crippen molar-refractivity contribution in [3.05, 3.63) is 64.4 Å². The SMILES string of the molecule is O=C(c1ccc(F)cc1)N1CCN(c2ccc(Cl)cc2C(F)(F)F)CC1. The van der Waals surface area contributed by atoms with Crippen molar-refractivity contribution in [2.75, 3.05) is 31.1 Å². The third kappa shape index (κ3) is 3.93. The number of amides is 1. The molecule has 3 nitrogen and oxygen atoms in total. The predicted molar refractivity (Wildman–Crippen MR) is 91.0 cm³/mol. The summed E-state index contributed by atoms with van der Waals surface area (Å²) >= 11 is 5.71. The van der Waals surface area contributed by atoms with E-state index in [0.717, 1.165) is 6.07 Å². The second-order valence-electron chi connectivity index (χ2n) is 5.95. The minimum Gasteiger partial charge on any atom is -0.367 e. The van der Waals surface area contributed by atoms with Gasteiger partial charge in [-0.05, 0) is 42.5 Å². The van der Waals surface area contributed by atoms with Gasteiger partial charge in [0.2, 0.25) is 0 Å². The Bertz CT molecular complexity index is 800. The number of nitrogens with zero attached hydrogens (tertiary/aromatic N) is 2. The highest BCUT2D eigenvalue weighted by atomic mass is 35.5. The van der Waals surface area contributed by atoms with Gasteiger partial charge in [0.1, 0.15) is 5.82 Å². The smallest absolute Gasteiger partial charge is 0.367 e. The minimum atomic E-state index is -4.51. The summed E-state index contributed by atoms with van der Waals surface area (Å²) in [5.41, 5.74) is -0.388. The molecule has 1 aliphatic heterocycles. The lowest BCUT2D eigenvalue weighted by Crippen LogP contribution is -2.49. The van der Waals surface area contributed by atoms with E-state index in [9.17, 15) is 22.4 Å². The monoisotopic (exact) mass is 386 g/mol. The van der Waals surface area contributed by atoms with Gasteiger partial charge in [0.15, 0.2) is 0 Å². The summed E-state index contributed by atoms with van der Waals surface area (Å²) in [6.45, 7) is 1.07. The number of carbonyl (C=O) groups is 1. The van der Waals surface area contributed by atoms with Crippen LogP contribution in [0.1, 0.15) is 15.9 Å². The maximum Gasteiger partial charge on any atom is 0.418 e. The first-order valence-electron chi connectivity index (χ1n) is 7.92. The summed E-state index contributed by atoms with van der Waals surface area (Å²) in [5, 5.41) is 0.0196. The van der Waals surface area contributed by atoms with E-state index in [2.05, 4.69) is 0 Å². The third-order valence-electron chi connectivity index (χ3n) is 4.26. The molecule has 1 fully saturated rings. The maximum absolute atomic E-state index is 13.3. The summed E-state index contributed by atoms with van der Waals surface area (Å²) in [6, 6.07) is 8.87. The van der Waals surface area contributed by atoms with Gasteiger partial charge in [-0.25, -0.2) is 4.39 Å². The predicted octanol–water partition coefficient (Wildman–Crippen LogP) is 4.46. The fourth-order valence-corrected chi connectivity index (χ4v) is 3.11. The summed E-state index contributed by atoms with van der Waals surface area (Å²) in [6.07, 6.45) is -4.51. The van der Waals surface area contributed by atoms with Gasteiger partial charge in [0, 0.05) is 42.5 Å². The number of benzene rings is 2. The second-order valence-corrected chi connectivity index (χ2v) is 6.38. The first kappa shape index (κ1) is 18.5. The summed E-state index contributed by atoms with van der Waals surface area (Å²) < 4.78 is 52.7. The average molecular weight is 387 g/mol. The number of anilines is 1. The quantitative estimate of drug-likeness (QED) is 0.711. The van der Waals surface area contributed by atoms with E-state index in [-0.39, 0.29) is 42.8 Å². The second kappa shape index (κ2) is 7.15. The number of carbonyl (C=O) groups excluding carboxylic acids is 1. The van der Waals surface area contributed by atoms with Gasteiger partial charge in [-0.1, -0.05) is 11.6 Å². The van der Waals surface area contributed by atoms with Crippen LogP contribution in [-0.2, 0) is 6.18 Å². The Hall–Kier alpha value is -2.28. The highest BCUT2D eigenvalue weighted by Crippen LogP contribution is 2.38. The molecule has 138 valence electrons. The van der Waals surface area contributed by atoms with Gasteiger partial charge in [0.25, 0.3) is 5.91 Å². The van der Waals surface area contributed by atoms with E-state index >= 15 is 0 Å². The molecule has 0 unspecified atom stereocenters. The number of piperazine rings is 1. The Balaban J connectivity index is 1.73. The van der Waals surface area contributed by atoms with E-state index < -0.39 is 17.6 Å². The van der Waals surface area contributed by atoms with Gasteiger partial charge in [0.05, 0.1) is 5.56 Å². The lowest BCUT2D eigenvalue weighted by atomic mass is 10.1. The van der Waals surface area contributed by atoms with Gasteiger partial charge < -0.3 is 9.80 Å². The van der Waals surface area contributed by atoms with Crippen LogP contribution >= 0.6 is 11.6 Å². The molecular weight excluding hydrogens is 372 g/mol. The molecule has 3 rings (SSSR count). The molecule has 2 aromatic carbocycles. The number of halogens is 5. The average Bonchev–Trinajstić information content (AvgIpc) is 2.61. The number of alkyl halides is 3. The van der Waals surface area contributed by atoms with Crippen LogP contribution in [0, 0.1) is 5.82 Å². The Labute approximate surface area is 152 Å². The molecule has 2 aromatic rings. The van der Waals surface area contributed by atoms with Crippen LogP contribution in [0.15, 0.2) is 42.5 Å². The van der Waals surface area contributed by atoms with Crippen molar-refractivity contribution in [1.29, 1.82) is 0 Å². The van der Waals surface area contributed by atoms with E-state index in [4.69, 9.17) is 11.6 Å². The number of hydrogen-bond acceptors (Lipinski definition) is 2. The van der Waals surface area contributed by atoms with Crippen molar-refractivity contribution < 1.29 is 22.4 Å². The highest BCUT2D eigenvalue weighted by Gasteiger charge is 2.36. The zero-order chi connectivity index (χ0) is 18.9. The molecule has 0 N–H and O–H groups in total. The normalized spacial score (nSPS) is 15.3. The summed E-state index contributed by atoms with van der Waals surface area (Å²) in [5.74, 6) is -0.703. The molecule has 0 saturated carbocycles. The Kier molecular flexibility index (Phi) is 5.09. The van der Waals surface area contributed by atoms with Crippen molar-refractivity contribution in [2.45, 2.75) is 6.18 Å². The molecule has 1 saturated heterocycles. The minimum absolute atomic E-state index is 0.0196. The molecule has 0 spiro atoms. The van der Waals surface area contributed by atoms with Crippen LogP contribution < -0.4 is 4.90 Å². The molecule has 0 atom stereocenters. The Morgan fingerprint density at radius 1 is 0.962 bits per heavy atom. The summed E-state index contributed by atoms with van der Waals surface area (Å²) in [4.78, 5) is 15.6. The van der Waals surface area contributed by atoms with Crippen LogP contribution in [0.4, 0.5) is 23.2 Å². The van der Waals surface area contributed by atoms with E-state index in [0.29, 0.717) is 5.56 Å². The molecular formula is C18H15ClF4N2O. The van der Waals surface area contributed by atoms with Gasteiger partial charge >= 0.3 is 6.18 Å². The number of hydrogen-bond donors (Lipinski definition) is 0. The van der Waals surface area contributed by atoms with E-state index in [1.54, 1.807) is 9.80 Å². The van der Waals surface area contributed by atoms with Gasteiger partial charge in [-0.3, -0.25) is 4.79 Å². The van der Waals surface area contributed by atoms with Crippen LogP contribution in [0.2, 0.25) is 5.02 Å². The third-order valence-corrected chi connectivity index (χ3v) is 4.50. The van der Waals surface area contributed by atoms with Crippen molar-refractivity contribution in [1.82, 2.24) is 4.90 Å². The Morgan fingerprint density at radius 3 is 2.15 bits per heavy atom. The van der Waals surface area contributed by atoms with E-state index in [1.165, 1.54) is 36.4 Å². The molecule has 1 heterocycles. The molecule has 0 aliphatic carbocycles. The molecule has 0 aromatic heterocycles. The first-order chi connectivity index (χ1) is 12.3.